The van der Waals surface area contributed by atoms with E-state index >= 15 is 0 Å². The number of hydrogen-bond donors (Lipinski definition) is 3. The van der Waals surface area contributed by atoms with Crippen molar-refractivity contribution in [1.82, 2.24) is 0 Å². The van der Waals surface area contributed by atoms with Crippen molar-refractivity contribution in [2.75, 3.05) is 34.0 Å². The van der Waals surface area contributed by atoms with E-state index in [2.05, 4.69) is 0 Å². The van der Waals surface area contributed by atoms with Crippen LogP contribution in [-0.2, 0) is 9.09 Å². The lowest BCUT2D eigenvalue weighted by molar-refractivity contribution is -0.959. The molecule has 1 aromatic carbocycles. The molecule has 3 N–H and O–H groups in total. The van der Waals surface area contributed by atoms with E-state index in [-0.39, 0.29) is 18.9 Å². The average molecular weight is 432 g/mol. The van der Waals surface area contributed by atoms with Crippen LogP contribution in [0.4, 0.5) is 0 Å². The molecule has 1 heterocycles. The Kier molecular flexibility index (Phi) is 7.09. The molecule has 0 radical (unpaired) electrons. The maximum absolute atomic E-state index is 11.3. The van der Waals surface area contributed by atoms with Crippen molar-refractivity contribution >= 4 is 7.82 Å². The van der Waals surface area contributed by atoms with E-state index in [0.29, 0.717) is 41.2 Å². The first-order valence-corrected chi connectivity index (χ1v) is 11.4. The number of likely N-dealkylation sites (tertiary alicyclic amines) is 1. The molecular formula is C19H31NO8P+. The Balaban J connectivity index is 1.82. The number of phosphoric ester groups is 1. The van der Waals surface area contributed by atoms with Crippen molar-refractivity contribution in [3.05, 3.63) is 18.2 Å². The number of methoxy groups -OCH3 is 2. The molecule has 1 aliphatic heterocycles. The molecule has 164 valence electrons. The summed E-state index contributed by atoms with van der Waals surface area (Å²) in [6, 6.07) is 5.36. The van der Waals surface area contributed by atoms with Crippen LogP contribution in [0.1, 0.15) is 32.1 Å². The fraction of sp³-hybridized carbons (Fsp3) is 0.684. The number of rotatable bonds is 8. The number of ether oxygens (including phenoxy) is 3. The predicted octanol–water partition coefficient (Wildman–Crippen LogP) is 2.04. The number of aliphatic hydroxyl groups is 1. The molecule has 1 saturated carbocycles. The topological polar surface area (TPSA) is 115 Å². The highest BCUT2D eigenvalue weighted by Gasteiger charge is 2.50. The van der Waals surface area contributed by atoms with Crippen molar-refractivity contribution in [1.29, 1.82) is 0 Å². The first-order chi connectivity index (χ1) is 13.8. The van der Waals surface area contributed by atoms with Gasteiger partial charge in [0.15, 0.2) is 24.3 Å². The molecule has 2 aliphatic rings. The van der Waals surface area contributed by atoms with Crippen LogP contribution in [0.25, 0.3) is 0 Å². The summed E-state index contributed by atoms with van der Waals surface area (Å²) in [7, 11) is -1.47. The molecule has 1 aromatic rings. The van der Waals surface area contributed by atoms with Gasteiger partial charge < -0.3 is 29.1 Å². The number of phosphoric acid groups is 1. The van der Waals surface area contributed by atoms with Gasteiger partial charge in [0.05, 0.1) is 20.8 Å². The molecule has 9 nitrogen and oxygen atoms in total. The highest BCUT2D eigenvalue weighted by Crippen LogP contribution is 2.41. The van der Waals surface area contributed by atoms with Gasteiger partial charge in [-0.25, -0.2) is 9.09 Å². The smallest absolute Gasteiger partial charge is 0.474 e. The van der Waals surface area contributed by atoms with Gasteiger partial charge in [0.25, 0.3) is 0 Å². The first kappa shape index (κ1) is 22.3. The van der Waals surface area contributed by atoms with E-state index in [1.54, 1.807) is 26.4 Å². The SMILES string of the molecule is COc1ccc(O[C@H]2CCCC[C@H]2[N@+]2(COP(=O)(O)O)CC[C@H](O)C2)cc1OC. The van der Waals surface area contributed by atoms with Gasteiger partial charge in [-0.15, -0.1) is 0 Å². The molecular weight excluding hydrogens is 401 g/mol. The van der Waals surface area contributed by atoms with Crippen molar-refractivity contribution in [2.45, 2.75) is 50.4 Å². The van der Waals surface area contributed by atoms with Crippen LogP contribution >= 0.6 is 7.82 Å². The highest BCUT2D eigenvalue weighted by atomic mass is 31.2. The highest BCUT2D eigenvalue weighted by molar-refractivity contribution is 7.46. The van der Waals surface area contributed by atoms with Crippen molar-refractivity contribution < 1.29 is 42.7 Å². The van der Waals surface area contributed by atoms with Gasteiger partial charge in [0, 0.05) is 18.9 Å². The molecule has 2 fully saturated rings. The molecule has 4 atom stereocenters. The van der Waals surface area contributed by atoms with E-state index in [9.17, 15) is 19.5 Å². The molecule has 0 spiro atoms. The van der Waals surface area contributed by atoms with Crippen LogP contribution in [-0.4, -0.2) is 71.7 Å². The van der Waals surface area contributed by atoms with Crippen molar-refractivity contribution in [3.8, 4) is 17.2 Å². The fourth-order valence-electron chi connectivity index (χ4n) is 4.62. The Bertz CT molecular complexity index is 741. The van der Waals surface area contributed by atoms with E-state index in [1.807, 2.05) is 6.07 Å². The summed E-state index contributed by atoms with van der Waals surface area (Å²) >= 11 is 0. The quantitative estimate of drug-likeness (QED) is 0.422. The molecule has 0 aromatic heterocycles. The van der Waals surface area contributed by atoms with Gasteiger partial charge in [-0.3, -0.25) is 4.48 Å². The Morgan fingerprint density at radius 1 is 1.10 bits per heavy atom. The minimum absolute atomic E-state index is 0.0273. The summed E-state index contributed by atoms with van der Waals surface area (Å²) in [4.78, 5) is 18.4. The lowest BCUT2D eigenvalue weighted by atomic mass is 9.89. The molecule has 0 amide bonds. The van der Waals surface area contributed by atoms with Crippen LogP contribution in [0, 0.1) is 0 Å². The predicted molar refractivity (Wildman–Crippen MR) is 105 cm³/mol. The summed E-state index contributed by atoms with van der Waals surface area (Å²) < 4.78 is 33.5. The average Bonchev–Trinajstić information content (AvgIpc) is 3.08. The first-order valence-electron chi connectivity index (χ1n) is 9.89. The molecule has 1 aliphatic carbocycles. The molecule has 3 rings (SSSR count). The zero-order valence-corrected chi connectivity index (χ0v) is 17.8. The second-order valence-electron chi connectivity index (χ2n) is 7.84. The lowest BCUT2D eigenvalue weighted by Crippen LogP contribution is -2.61. The normalized spacial score (nSPS) is 30.2. The van der Waals surface area contributed by atoms with Gasteiger partial charge in [-0.1, -0.05) is 0 Å². The van der Waals surface area contributed by atoms with Gasteiger partial charge in [0.2, 0.25) is 0 Å². The Labute approximate surface area is 171 Å². The number of hydrogen-bond acceptors (Lipinski definition) is 6. The second kappa shape index (κ2) is 9.20. The molecule has 0 bridgehead atoms. The molecule has 29 heavy (non-hydrogen) atoms. The summed E-state index contributed by atoms with van der Waals surface area (Å²) in [5.74, 6) is 1.83. The third-order valence-electron chi connectivity index (χ3n) is 5.98. The monoisotopic (exact) mass is 432 g/mol. The number of nitrogens with zero attached hydrogens (tertiary/aromatic N) is 1. The minimum atomic E-state index is -4.61. The van der Waals surface area contributed by atoms with Crippen LogP contribution < -0.4 is 14.2 Å². The molecule has 0 unspecified atom stereocenters. The van der Waals surface area contributed by atoms with E-state index in [1.165, 1.54) is 0 Å². The Morgan fingerprint density at radius 2 is 1.83 bits per heavy atom. The number of quaternary nitrogens is 1. The standard InChI is InChI=1S/C19H30NO8P/c1-25-18-8-7-15(11-19(18)26-2)28-17-6-4-3-5-16(17)20(10-9-14(21)12-20)13-27-29(22,23)24/h7-8,11,14,16-17,21H,3-6,9-10,12-13H2,1-2H3,(H-,22,23,24)/p+1/t14-,16+,17-,20+/m0/s1. The third kappa shape index (κ3) is 5.42. The largest absolute Gasteiger partial charge is 0.493 e. The zero-order valence-electron chi connectivity index (χ0n) is 16.9. The lowest BCUT2D eigenvalue weighted by Gasteiger charge is -2.46. The molecule has 10 heteroatoms. The maximum atomic E-state index is 11.3. The summed E-state index contributed by atoms with van der Waals surface area (Å²) in [6.45, 7) is 0.853. The maximum Gasteiger partial charge on any atom is 0.474 e. The van der Waals surface area contributed by atoms with E-state index in [0.717, 1.165) is 25.7 Å². The van der Waals surface area contributed by atoms with Crippen LogP contribution in [0.15, 0.2) is 18.2 Å². The summed E-state index contributed by atoms with van der Waals surface area (Å²) in [5.41, 5.74) is 0. The van der Waals surface area contributed by atoms with Crippen LogP contribution in [0.5, 0.6) is 17.2 Å². The van der Waals surface area contributed by atoms with Gasteiger partial charge in [-0.05, 0) is 31.4 Å². The molecule has 1 saturated heterocycles. The number of benzene rings is 1. The van der Waals surface area contributed by atoms with Crippen molar-refractivity contribution in [2.24, 2.45) is 0 Å². The second-order valence-corrected chi connectivity index (χ2v) is 9.08. The Morgan fingerprint density at radius 3 is 2.45 bits per heavy atom. The fourth-order valence-corrected chi connectivity index (χ4v) is 5.00. The zero-order chi connectivity index (χ0) is 21.1. The third-order valence-corrected chi connectivity index (χ3v) is 6.43. The summed E-state index contributed by atoms with van der Waals surface area (Å²) in [5, 5.41) is 10.2. The van der Waals surface area contributed by atoms with Crippen molar-refractivity contribution in [3.63, 3.8) is 0 Å². The van der Waals surface area contributed by atoms with Gasteiger partial charge in [0.1, 0.15) is 24.4 Å². The Hall–Kier alpha value is -1.35. The van der Waals surface area contributed by atoms with Crippen LogP contribution in [0.3, 0.4) is 0 Å². The van der Waals surface area contributed by atoms with Gasteiger partial charge >= 0.3 is 7.82 Å². The van der Waals surface area contributed by atoms with Gasteiger partial charge in [-0.2, -0.15) is 0 Å². The van der Waals surface area contributed by atoms with E-state index in [4.69, 9.17) is 18.7 Å². The number of aliphatic hydroxyl groups excluding tert-OH is 1. The summed E-state index contributed by atoms with van der Waals surface area (Å²) in [6.07, 6.45) is 3.58. The van der Waals surface area contributed by atoms with Crippen LogP contribution in [0.2, 0.25) is 0 Å². The minimum Gasteiger partial charge on any atom is -0.493 e. The van der Waals surface area contributed by atoms with E-state index < -0.39 is 13.9 Å².